The first-order valence-corrected chi connectivity index (χ1v) is 6.45. The molecule has 0 saturated carbocycles. The van der Waals surface area contributed by atoms with Crippen LogP contribution in [0.2, 0.25) is 0 Å². The van der Waals surface area contributed by atoms with Crippen LogP contribution < -0.4 is 0 Å². The maximum Gasteiger partial charge on any atom is 0.302 e. The summed E-state index contributed by atoms with van der Waals surface area (Å²) in [5.74, 6) is -0.593. The summed E-state index contributed by atoms with van der Waals surface area (Å²) in [5.41, 5.74) is 0. The second-order valence-electron chi connectivity index (χ2n) is 4.11. The molecule has 0 aromatic rings. The van der Waals surface area contributed by atoms with Gasteiger partial charge in [0, 0.05) is 13.5 Å². The lowest BCUT2D eigenvalue weighted by Crippen LogP contribution is -2.42. The highest BCUT2D eigenvalue weighted by Crippen LogP contribution is 2.00. The zero-order valence-corrected chi connectivity index (χ0v) is 12.3. The van der Waals surface area contributed by atoms with Crippen LogP contribution in [0.5, 0.6) is 0 Å². The molecule has 0 aliphatic heterocycles. The molecule has 0 aliphatic rings. The molecule has 128 valence electrons. The number of carbonyl (C=O) groups excluding carboxylic acids is 1. The van der Waals surface area contributed by atoms with Crippen molar-refractivity contribution in [2.75, 3.05) is 33.0 Å². The van der Waals surface area contributed by atoms with Crippen LogP contribution in [0.3, 0.4) is 0 Å². The molecule has 0 aromatic heterocycles. The van der Waals surface area contributed by atoms with Gasteiger partial charge in [0.15, 0.2) is 0 Å². The molecule has 6 N–H and O–H groups in total. The molecule has 0 saturated heterocycles. The lowest BCUT2D eigenvalue weighted by Gasteiger charge is -2.20. The number of hydrogen-bond acceptors (Lipinski definition) is 9. The number of ether oxygens (including phenoxy) is 2. The normalized spacial score (nSPS) is 16.2. The Hall–Kier alpha value is -0.810. The molecule has 0 fully saturated rings. The Morgan fingerprint density at radius 1 is 1.00 bits per heavy atom. The Balaban J connectivity index is 0. The maximum atomic E-state index is 10.3. The summed E-state index contributed by atoms with van der Waals surface area (Å²) in [7, 11) is 0. The van der Waals surface area contributed by atoms with Gasteiger partial charge in [-0.25, -0.2) is 0 Å². The fourth-order valence-electron chi connectivity index (χ4n) is 0.972. The third kappa shape index (κ3) is 13.9. The van der Waals surface area contributed by atoms with Gasteiger partial charge in [-0.3, -0.25) is 4.79 Å². The molecule has 0 bridgehead atoms. The topological polar surface area (TPSA) is 157 Å². The first-order chi connectivity index (χ1) is 9.79. The van der Waals surface area contributed by atoms with Gasteiger partial charge in [0.25, 0.3) is 0 Å². The minimum Gasteiger partial charge on any atom is -0.463 e. The van der Waals surface area contributed by atoms with Gasteiger partial charge in [-0.1, -0.05) is 0 Å². The van der Waals surface area contributed by atoms with E-state index >= 15 is 0 Å². The van der Waals surface area contributed by atoms with Crippen molar-refractivity contribution in [1.82, 2.24) is 0 Å². The summed E-state index contributed by atoms with van der Waals surface area (Å²) in [4.78, 5) is 10.3. The summed E-state index contributed by atoms with van der Waals surface area (Å²) in [5, 5.41) is 52.2. The van der Waals surface area contributed by atoms with Gasteiger partial charge in [0.05, 0.1) is 19.8 Å². The highest BCUT2D eigenvalue weighted by Gasteiger charge is 2.24. The van der Waals surface area contributed by atoms with E-state index in [1.807, 2.05) is 6.92 Å². The number of aliphatic hydroxyl groups excluding tert-OH is 6. The fourth-order valence-corrected chi connectivity index (χ4v) is 0.972. The fraction of sp³-hybridized carbons (Fsp3) is 0.917. The average molecular weight is 314 g/mol. The van der Waals surface area contributed by atoms with Crippen molar-refractivity contribution in [3.05, 3.63) is 0 Å². The summed E-state index contributed by atoms with van der Waals surface area (Å²) in [6.45, 7) is 2.50. The van der Waals surface area contributed by atoms with Gasteiger partial charge < -0.3 is 40.1 Å². The first-order valence-electron chi connectivity index (χ1n) is 6.45. The highest BCUT2D eigenvalue weighted by molar-refractivity contribution is 5.65. The van der Waals surface area contributed by atoms with Crippen LogP contribution in [0.15, 0.2) is 0 Å². The monoisotopic (exact) mass is 314 g/mol. The molecule has 0 aromatic carbocycles. The van der Waals surface area contributed by atoms with Crippen molar-refractivity contribution >= 4 is 5.97 Å². The van der Waals surface area contributed by atoms with Gasteiger partial charge in [-0.2, -0.15) is 0 Å². The van der Waals surface area contributed by atoms with Crippen LogP contribution >= 0.6 is 0 Å². The van der Waals surface area contributed by atoms with E-state index in [9.17, 15) is 4.79 Å². The Labute approximate surface area is 123 Å². The Kier molecular flexibility index (Phi) is 15.1. The molecule has 0 spiro atoms. The maximum absolute atomic E-state index is 10.3. The number of esters is 1. The molecule has 21 heavy (non-hydrogen) atoms. The van der Waals surface area contributed by atoms with E-state index in [0.717, 1.165) is 6.92 Å². The second-order valence-corrected chi connectivity index (χ2v) is 4.11. The third-order valence-electron chi connectivity index (χ3n) is 2.16. The average Bonchev–Trinajstić information content (AvgIpc) is 2.48. The van der Waals surface area contributed by atoms with Crippen molar-refractivity contribution in [3.63, 3.8) is 0 Å². The van der Waals surface area contributed by atoms with E-state index in [-0.39, 0.29) is 13.2 Å². The van der Waals surface area contributed by atoms with Crippen LogP contribution in [-0.4, -0.2) is 94.1 Å². The lowest BCUT2D eigenvalue weighted by molar-refractivity contribution is -0.149. The summed E-state index contributed by atoms with van der Waals surface area (Å²) in [6.07, 6.45) is -5.07. The molecule has 0 aliphatic carbocycles. The van der Waals surface area contributed by atoms with E-state index < -0.39 is 43.6 Å². The van der Waals surface area contributed by atoms with Crippen molar-refractivity contribution in [1.29, 1.82) is 0 Å². The molecular weight excluding hydrogens is 288 g/mol. The Bertz CT molecular complexity index is 249. The summed E-state index contributed by atoms with van der Waals surface area (Å²) < 4.78 is 9.15. The largest absolute Gasteiger partial charge is 0.463 e. The van der Waals surface area contributed by atoms with Crippen LogP contribution in [0.1, 0.15) is 13.8 Å². The zero-order chi connectivity index (χ0) is 16.8. The Morgan fingerprint density at radius 2 is 1.57 bits per heavy atom. The lowest BCUT2D eigenvalue weighted by atomic mass is 10.1. The molecule has 0 radical (unpaired) electrons. The van der Waals surface area contributed by atoms with Crippen molar-refractivity contribution in [3.8, 4) is 0 Å². The number of carbonyl (C=O) groups is 1. The molecule has 9 heteroatoms. The quantitative estimate of drug-likeness (QED) is 0.244. The Morgan fingerprint density at radius 3 is 1.95 bits per heavy atom. The van der Waals surface area contributed by atoms with E-state index in [2.05, 4.69) is 4.74 Å². The molecule has 0 rings (SSSR count). The molecular formula is C12H26O9. The smallest absolute Gasteiger partial charge is 0.302 e. The van der Waals surface area contributed by atoms with Gasteiger partial charge in [0.2, 0.25) is 0 Å². The molecule has 1 unspecified atom stereocenters. The summed E-state index contributed by atoms with van der Waals surface area (Å²) >= 11 is 0. The number of aliphatic hydroxyl groups is 6. The predicted octanol–water partition coefficient (Wildman–Crippen LogP) is -3.00. The molecule has 0 amide bonds. The van der Waals surface area contributed by atoms with Gasteiger partial charge in [-0.15, -0.1) is 0 Å². The van der Waals surface area contributed by atoms with Gasteiger partial charge in [-0.05, 0) is 6.92 Å². The number of rotatable bonds is 9. The SMILES string of the molecule is CC(=O)OC[C@H](O)[C@@H](O)[C@H](O)CO.CCOCC(O)CO. The second kappa shape index (κ2) is 14.1. The van der Waals surface area contributed by atoms with E-state index in [1.54, 1.807) is 0 Å². The van der Waals surface area contributed by atoms with E-state index in [1.165, 1.54) is 0 Å². The number of hydrogen-bond donors (Lipinski definition) is 6. The van der Waals surface area contributed by atoms with Crippen LogP contribution in [-0.2, 0) is 14.3 Å². The van der Waals surface area contributed by atoms with Crippen LogP contribution in [0.4, 0.5) is 0 Å². The van der Waals surface area contributed by atoms with Gasteiger partial charge in [0.1, 0.15) is 31.0 Å². The predicted molar refractivity (Wildman–Crippen MR) is 71.3 cm³/mol. The van der Waals surface area contributed by atoms with Crippen molar-refractivity contribution in [2.45, 2.75) is 38.3 Å². The minimum atomic E-state index is -1.52. The zero-order valence-electron chi connectivity index (χ0n) is 12.3. The standard InChI is InChI=1S/C7H14O6.C5H12O3/c1-4(9)13-3-6(11)7(12)5(10)2-8;1-2-8-4-5(7)3-6/h5-8,10-12H,2-3H2,1H3;5-7H,2-4H2,1H3/t5-,6+,7+;/m1./s1. The van der Waals surface area contributed by atoms with Crippen LogP contribution in [0, 0.1) is 0 Å². The minimum absolute atomic E-state index is 0.222. The van der Waals surface area contributed by atoms with E-state index in [0.29, 0.717) is 6.61 Å². The first kappa shape index (κ1) is 22.5. The molecule has 9 nitrogen and oxygen atoms in total. The van der Waals surface area contributed by atoms with E-state index in [4.69, 9.17) is 35.4 Å². The van der Waals surface area contributed by atoms with Gasteiger partial charge >= 0.3 is 5.97 Å². The van der Waals surface area contributed by atoms with Crippen molar-refractivity contribution < 1.29 is 44.9 Å². The third-order valence-corrected chi connectivity index (χ3v) is 2.16. The molecule has 4 atom stereocenters. The van der Waals surface area contributed by atoms with Crippen LogP contribution in [0.25, 0.3) is 0 Å². The molecule has 0 heterocycles. The highest BCUT2D eigenvalue weighted by atomic mass is 16.5. The summed E-state index contributed by atoms with van der Waals surface area (Å²) in [6, 6.07) is 0. The van der Waals surface area contributed by atoms with Crippen molar-refractivity contribution in [2.24, 2.45) is 0 Å².